The zero-order chi connectivity index (χ0) is 7.68. The average Bonchev–Trinajstić information content (AvgIpc) is 2.04. The van der Waals surface area contributed by atoms with Gasteiger partial charge < -0.3 is 4.74 Å². The normalized spacial score (nSPS) is 14.7. The number of carbonyl (C=O) groups is 1. The van der Waals surface area contributed by atoms with E-state index in [4.69, 9.17) is 4.74 Å². The molecule has 0 fully saturated rings. The molecule has 0 aromatic heterocycles. The molecule has 54 valence electrons. The Bertz CT molecular complexity index is 291. The smallest absolute Gasteiger partial charge is 0.175 e. The molecular weight excluding hydrogens is 140 g/mol. The van der Waals surface area contributed by atoms with Gasteiger partial charge in [-0.2, -0.15) is 0 Å². The van der Waals surface area contributed by atoms with Crippen LogP contribution in [-0.2, 0) is 11.2 Å². The van der Waals surface area contributed by atoms with Crippen LogP contribution in [0.3, 0.4) is 0 Å². The van der Waals surface area contributed by atoms with Gasteiger partial charge in [-0.3, -0.25) is 4.79 Å². The van der Waals surface area contributed by atoms with Crippen LogP contribution in [-0.4, -0.2) is 12.4 Å². The largest absolute Gasteiger partial charge is 0.485 e. The molecule has 0 saturated heterocycles. The monoisotopic (exact) mass is 146 g/mol. The fraction of sp³-hybridized carbons (Fsp3) is 0.222. The number of Topliss-reactive ketones (excluding diaryl/α,β-unsaturated/α-hetero) is 1. The van der Waals surface area contributed by atoms with E-state index in [2.05, 4.69) is 12.1 Å². The minimum Gasteiger partial charge on any atom is -0.485 e. The highest BCUT2D eigenvalue weighted by Gasteiger charge is 2.15. The summed E-state index contributed by atoms with van der Waals surface area (Å²) in [5, 5.41) is 0. The highest BCUT2D eigenvalue weighted by molar-refractivity contribution is 5.84. The van der Waals surface area contributed by atoms with Crippen molar-refractivity contribution in [3.05, 3.63) is 29.8 Å². The van der Waals surface area contributed by atoms with Crippen LogP contribution < -0.4 is 4.74 Å². The fourth-order valence-corrected chi connectivity index (χ4v) is 1.08. The number of fused-ring (bicyclic) bond motifs is 1. The molecule has 1 aliphatic rings. The van der Waals surface area contributed by atoms with Gasteiger partial charge in [-0.25, -0.2) is 0 Å². The minimum absolute atomic E-state index is 0.105. The van der Waals surface area contributed by atoms with Gasteiger partial charge >= 0.3 is 0 Å². The third-order valence-corrected chi connectivity index (χ3v) is 1.60. The Morgan fingerprint density at radius 1 is 1.55 bits per heavy atom. The van der Waals surface area contributed by atoms with E-state index in [-0.39, 0.29) is 12.4 Å². The van der Waals surface area contributed by atoms with Gasteiger partial charge in [-0.15, -0.1) is 0 Å². The maximum atomic E-state index is 10.9. The molecule has 2 rings (SSSR count). The first-order valence-electron chi connectivity index (χ1n) is 3.42. The van der Waals surface area contributed by atoms with E-state index in [9.17, 15) is 4.79 Å². The van der Waals surface area contributed by atoms with Crippen molar-refractivity contribution in [3.8, 4) is 5.75 Å². The Morgan fingerprint density at radius 2 is 2.45 bits per heavy atom. The first kappa shape index (κ1) is 6.23. The van der Waals surface area contributed by atoms with E-state index >= 15 is 0 Å². The Balaban J connectivity index is 2.41. The van der Waals surface area contributed by atoms with E-state index in [1.165, 1.54) is 0 Å². The van der Waals surface area contributed by atoms with E-state index in [0.29, 0.717) is 6.42 Å². The third kappa shape index (κ3) is 1.05. The molecule has 0 amide bonds. The summed E-state index contributed by atoms with van der Waals surface area (Å²) >= 11 is 0. The number of rotatable bonds is 0. The van der Waals surface area contributed by atoms with E-state index in [1.807, 2.05) is 0 Å². The second-order valence-corrected chi connectivity index (χ2v) is 2.45. The number of hydrogen-bond acceptors (Lipinski definition) is 2. The molecule has 0 aliphatic carbocycles. The van der Waals surface area contributed by atoms with Crippen LogP contribution in [0.5, 0.6) is 5.75 Å². The molecule has 0 atom stereocenters. The molecule has 0 bridgehead atoms. The average molecular weight is 146 g/mol. The molecule has 1 aromatic carbocycles. The van der Waals surface area contributed by atoms with E-state index in [0.717, 1.165) is 11.3 Å². The van der Waals surface area contributed by atoms with Crippen LogP contribution in [0, 0.1) is 12.1 Å². The zero-order valence-corrected chi connectivity index (χ0v) is 5.89. The maximum Gasteiger partial charge on any atom is 0.175 e. The molecule has 0 saturated carbocycles. The van der Waals surface area contributed by atoms with Crippen LogP contribution in [0.15, 0.2) is 12.1 Å². The van der Waals surface area contributed by atoms with Crippen molar-refractivity contribution in [2.45, 2.75) is 6.42 Å². The van der Waals surface area contributed by atoms with Gasteiger partial charge in [0, 0.05) is 6.42 Å². The summed E-state index contributed by atoms with van der Waals surface area (Å²) in [6, 6.07) is 9.17. The van der Waals surface area contributed by atoms with Gasteiger partial charge in [-0.05, 0) is 12.1 Å². The molecule has 0 unspecified atom stereocenters. The zero-order valence-electron chi connectivity index (χ0n) is 5.89. The Hall–Kier alpha value is -1.49. The summed E-state index contributed by atoms with van der Waals surface area (Å²) in [6.07, 6.45) is 0.437. The standard InChI is InChI=1S/C9H6O2/c10-8-5-7-3-1-2-4-9(7)11-6-8/h2,4H,5-6H2. The highest BCUT2D eigenvalue weighted by atomic mass is 16.5. The Labute approximate surface area is 64.8 Å². The third-order valence-electron chi connectivity index (χ3n) is 1.60. The number of hydrogen-bond donors (Lipinski definition) is 0. The molecule has 11 heavy (non-hydrogen) atoms. The molecule has 1 aliphatic heterocycles. The molecule has 2 heteroatoms. The quantitative estimate of drug-likeness (QED) is 0.541. The molecule has 0 radical (unpaired) electrons. The van der Waals surface area contributed by atoms with Crippen molar-refractivity contribution in [1.29, 1.82) is 0 Å². The second kappa shape index (κ2) is 2.28. The second-order valence-electron chi connectivity index (χ2n) is 2.45. The van der Waals surface area contributed by atoms with Gasteiger partial charge in [0.25, 0.3) is 0 Å². The maximum absolute atomic E-state index is 10.9. The van der Waals surface area contributed by atoms with Gasteiger partial charge in [0.1, 0.15) is 12.4 Å². The lowest BCUT2D eigenvalue weighted by molar-refractivity contribution is -0.121. The molecular formula is C9H6O2. The number of ketones is 1. The van der Waals surface area contributed by atoms with Crippen LogP contribution >= 0.6 is 0 Å². The topological polar surface area (TPSA) is 26.3 Å². The summed E-state index contributed by atoms with van der Waals surface area (Å²) < 4.78 is 5.13. The molecule has 1 heterocycles. The van der Waals surface area contributed by atoms with Crippen molar-refractivity contribution in [3.63, 3.8) is 0 Å². The molecule has 0 N–H and O–H groups in total. The van der Waals surface area contributed by atoms with Crippen LogP contribution in [0.25, 0.3) is 0 Å². The predicted molar refractivity (Wildman–Crippen MR) is 38.3 cm³/mol. The summed E-state index contributed by atoms with van der Waals surface area (Å²) in [4.78, 5) is 10.9. The lowest BCUT2D eigenvalue weighted by atomic mass is 10.1. The van der Waals surface area contributed by atoms with Crippen LogP contribution in [0.1, 0.15) is 5.56 Å². The first-order chi connectivity index (χ1) is 5.36. The van der Waals surface area contributed by atoms with Gasteiger partial charge in [0.2, 0.25) is 0 Å². The van der Waals surface area contributed by atoms with Gasteiger partial charge in [0.15, 0.2) is 5.78 Å². The van der Waals surface area contributed by atoms with Crippen molar-refractivity contribution < 1.29 is 9.53 Å². The lowest BCUT2D eigenvalue weighted by Crippen LogP contribution is -2.19. The summed E-state index contributed by atoms with van der Waals surface area (Å²) in [5.74, 6) is 0.872. The van der Waals surface area contributed by atoms with Crippen molar-refractivity contribution in [2.75, 3.05) is 6.61 Å². The van der Waals surface area contributed by atoms with Crippen molar-refractivity contribution in [2.24, 2.45) is 0 Å². The van der Waals surface area contributed by atoms with E-state index in [1.54, 1.807) is 12.1 Å². The summed E-state index contributed by atoms with van der Waals surface area (Å²) in [7, 11) is 0. The molecule has 0 spiro atoms. The Kier molecular flexibility index (Phi) is 1.29. The van der Waals surface area contributed by atoms with Gasteiger partial charge in [0.05, 0.1) is 5.56 Å². The van der Waals surface area contributed by atoms with Gasteiger partial charge in [-0.1, -0.05) is 12.1 Å². The minimum atomic E-state index is 0.105. The molecule has 2 nitrogen and oxygen atoms in total. The highest BCUT2D eigenvalue weighted by Crippen LogP contribution is 2.19. The van der Waals surface area contributed by atoms with Crippen LogP contribution in [0.2, 0.25) is 0 Å². The first-order valence-corrected chi connectivity index (χ1v) is 3.42. The fourth-order valence-electron chi connectivity index (χ4n) is 1.08. The SMILES string of the molecule is O=C1COc2ccc#cc2C1. The van der Waals surface area contributed by atoms with Crippen molar-refractivity contribution >= 4 is 5.78 Å². The summed E-state index contributed by atoms with van der Waals surface area (Å²) in [6.45, 7) is 0.199. The number of carbonyl (C=O) groups excluding carboxylic acids is 1. The van der Waals surface area contributed by atoms with E-state index < -0.39 is 0 Å². The number of ether oxygens (including phenoxy) is 1. The molecule has 1 aromatic rings. The van der Waals surface area contributed by atoms with Crippen molar-refractivity contribution in [1.82, 2.24) is 0 Å². The van der Waals surface area contributed by atoms with Crippen LogP contribution in [0.4, 0.5) is 0 Å². The predicted octanol–water partition coefficient (Wildman–Crippen LogP) is 0.791. The Morgan fingerprint density at radius 3 is 3.36 bits per heavy atom. The lowest BCUT2D eigenvalue weighted by Gasteiger charge is -2.12. The summed E-state index contributed by atoms with van der Waals surface area (Å²) in [5.41, 5.74) is 0.823.